The summed E-state index contributed by atoms with van der Waals surface area (Å²) in [6.07, 6.45) is 3.44. The lowest BCUT2D eigenvalue weighted by molar-refractivity contribution is -0.131. The normalized spacial score (nSPS) is 18.8. The van der Waals surface area contributed by atoms with Gasteiger partial charge in [-0.05, 0) is 38.3 Å². The zero-order valence-electron chi connectivity index (χ0n) is 13.0. The van der Waals surface area contributed by atoms with Crippen molar-refractivity contribution < 1.29 is 4.79 Å². The molecule has 0 spiro atoms. The van der Waals surface area contributed by atoms with Gasteiger partial charge in [-0.15, -0.1) is 5.10 Å². The summed E-state index contributed by atoms with van der Waals surface area (Å²) in [5, 5.41) is 8.04. The zero-order valence-corrected chi connectivity index (χ0v) is 13.8. The fraction of sp³-hybridized carbons (Fsp3) is 0.438. The number of aromatic nitrogens is 4. The smallest absolute Gasteiger partial charge is 0.233 e. The Balaban J connectivity index is 1.55. The molecule has 0 aliphatic carbocycles. The molecule has 3 heterocycles. The number of hydrogen-bond acceptors (Lipinski definition) is 4. The molecule has 1 N–H and O–H groups in total. The molecule has 1 fully saturated rings. The van der Waals surface area contributed by atoms with Crippen LogP contribution in [0.3, 0.4) is 0 Å². The number of para-hydroxylation sites is 2. The average molecular weight is 329 g/mol. The second-order valence-corrected chi connectivity index (χ2v) is 6.93. The first-order chi connectivity index (χ1) is 11.2. The molecule has 1 aromatic carbocycles. The molecular weight excluding hydrogens is 310 g/mol. The molecule has 4 rings (SSSR count). The lowest BCUT2D eigenvalue weighted by atomic mass is 10.0. The van der Waals surface area contributed by atoms with E-state index in [9.17, 15) is 4.79 Å². The molecular formula is C16H19N5OS. The van der Waals surface area contributed by atoms with Crippen molar-refractivity contribution in [2.75, 3.05) is 12.3 Å². The summed E-state index contributed by atoms with van der Waals surface area (Å²) >= 11 is 1.47. The van der Waals surface area contributed by atoms with Crippen molar-refractivity contribution in [3.8, 4) is 0 Å². The molecule has 23 heavy (non-hydrogen) atoms. The third-order valence-electron chi connectivity index (χ3n) is 4.45. The van der Waals surface area contributed by atoms with Gasteiger partial charge in [-0.2, -0.15) is 0 Å². The summed E-state index contributed by atoms with van der Waals surface area (Å²) in [5.41, 5.74) is 1.94. The Labute approximate surface area is 138 Å². The molecule has 1 saturated heterocycles. The van der Waals surface area contributed by atoms with Gasteiger partial charge in [0.2, 0.25) is 11.7 Å². The number of nitrogens with one attached hydrogen (secondary N) is 1. The van der Waals surface area contributed by atoms with Gasteiger partial charge in [-0.25, -0.2) is 10.1 Å². The van der Waals surface area contributed by atoms with E-state index in [0.717, 1.165) is 35.6 Å². The molecule has 2 aromatic heterocycles. The molecule has 7 heteroatoms. The van der Waals surface area contributed by atoms with Gasteiger partial charge in [0.25, 0.3) is 0 Å². The number of piperidine rings is 1. The number of H-pyrrole nitrogens is 1. The fourth-order valence-electron chi connectivity index (χ4n) is 3.22. The van der Waals surface area contributed by atoms with Crippen molar-refractivity contribution in [3.63, 3.8) is 0 Å². The van der Waals surface area contributed by atoms with E-state index in [1.165, 1.54) is 18.2 Å². The molecule has 1 aliphatic heterocycles. The fourth-order valence-corrected chi connectivity index (χ4v) is 4.06. The minimum atomic E-state index is 0.197. The molecule has 0 bridgehead atoms. The minimum Gasteiger partial charge on any atom is -0.339 e. The highest BCUT2D eigenvalue weighted by atomic mass is 32.2. The monoisotopic (exact) mass is 329 g/mol. The summed E-state index contributed by atoms with van der Waals surface area (Å²) in [6, 6.07) is 8.30. The zero-order chi connectivity index (χ0) is 15.8. The number of aromatic amines is 1. The Hall–Kier alpha value is -2.02. The maximum absolute atomic E-state index is 12.5. The Morgan fingerprint density at radius 3 is 3.13 bits per heavy atom. The molecule has 0 unspecified atom stereocenters. The van der Waals surface area contributed by atoms with Crippen LogP contribution in [0.15, 0.2) is 29.4 Å². The molecule has 1 amide bonds. The highest BCUT2D eigenvalue weighted by Crippen LogP contribution is 2.24. The average Bonchev–Trinajstić information content (AvgIpc) is 3.12. The second-order valence-electron chi connectivity index (χ2n) is 5.99. The van der Waals surface area contributed by atoms with Gasteiger partial charge in [-0.1, -0.05) is 23.9 Å². The van der Waals surface area contributed by atoms with E-state index < -0.39 is 0 Å². The first-order valence-electron chi connectivity index (χ1n) is 7.98. The lowest BCUT2D eigenvalue weighted by Crippen LogP contribution is -2.42. The number of nitrogens with zero attached hydrogens (tertiary/aromatic N) is 4. The van der Waals surface area contributed by atoms with E-state index in [4.69, 9.17) is 0 Å². The Bertz CT molecular complexity index is 855. The summed E-state index contributed by atoms with van der Waals surface area (Å²) in [5.74, 6) is 1.33. The second kappa shape index (κ2) is 5.88. The first kappa shape index (κ1) is 14.6. The van der Waals surface area contributed by atoms with Crippen molar-refractivity contribution in [1.29, 1.82) is 0 Å². The number of fused-ring (bicyclic) bond motifs is 3. The largest absolute Gasteiger partial charge is 0.339 e. The van der Waals surface area contributed by atoms with Crippen molar-refractivity contribution in [2.24, 2.45) is 0 Å². The van der Waals surface area contributed by atoms with Crippen LogP contribution in [0, 0.1) is 0 Å². The predicted molar refractivity (Wildman–Crippen MR) is 90.6 cm³/mol. The number of imidazole rings is 1. The third-order valence-corrected chi connectivity index (χ3v) is 5.38. The van der Waals surface area contributed by atoms with Gasteiger partial charge in [0.15, 0.2) is 5.16 Å². The summed E-state index contributed by atoms with van der Waals surface area (Å²) in [4.78, 5) is 19.0. The van der Waals surface area contributed by atoms with Crippen LogP contribution in [-0.4, -0.2) is 48.7 Å². The standard InChI is InChI=1S/C16H19N5OS/c1-11-6-4-5-9-20(11)14(22)10-23-16-19-18-15-17-12-7-2-3-8-13(12)21(15)16/h2-3,7-8,11H,4-6,9-10H2,1H3,(H,17,18)/t11-/m1/s1. The number of rotatable bonds is 3. The Morgan fingerprint density at radius 1 is 1.39 bits per heavy atom. The quantitative estimate of drug-likeness (QED) is 0.750. The van der Waals surface area contributed by atoms with Crippen LogP contribution in [0.1, 0.15) is 26.2 Å². The molecule has 1 atom stereocenters. The number of benzene rings is 1. The van der Waals surface area contributed by atoms with Crippen LogP contribution in [0.25, 0.3) is 16.8 Å². The third kappa shape index (κ3) is 2.59. The van der Waals surface area contributed by atoms with Crippen LogP contribution in [0.4, 0.5) is 0 Å². The minimum absolute atomic E-state index is 0.197. The van der Waals surface area contributed by atoms with E-state index >= 15 is 0 Å². The molecule has 1 aliphatic rings. The van der Waals surface area contributed by atoms with Crippen molar-refractivity contribution in [3.05, 3.63) is 24.3 Å². The predicted octanol–water partition coefficient (Wildman–Crippen LogP) is 2.70. The van der Waals surface area contributed by atoms with E-state index in [1.807, 2.05) is 33.6 Å². The van der Waals surface area contributed by atoms with Gasteiger partial charge in [-0.3, -0.25) is 9.20 Å². The van der Waals surface area contributed by atoms with Gasteiger partial charge in [0.05, 0.1) is 16.8 Å². The van der Waals surface area contributed by atoms with Gasteiger partial charge < -0.3 is 4.90 Å². The number of carbonyl (C=O) groups excluding carboxylic acids is 1. The highest BCUT2D eigenvalue weighted by Gasteiger charge is 2.23. The lowest BCUT2D eigenvalue weighted by Gasteiger charge is -2.33. The Morgan fingerprint density at radius 2 is 2.26 bits per heavy atom. The van der Waals surface area contributed by atoms with E-state index in [-0.39, 0.29) is 5.91 Å². The highest BCUT2D eigenvalue weighted by molar-refractivity contribution is 7.99. The first-order valence-corrected chi connectivity index (χ1v) is 8.96. The maximum Gasteiger partial charge on any atom is 0.233 e. The summed E-state index contributed by atoms with van der Waals surface area (Å²) in [7, 11) is 0. The van der Waals surface area contributed by atoms with Gasteiger partial charge >= 0.3 is 0 Å². The molecule has 6 nitrogen and oxygen atoms in total. The van der Waals surface area contributed by atoms with Crippen LogP contribution in [-0.2, 0) is 4.79 Å². The molecule has 0 saturated carbocycles. The molecule has 0 radical (unpaired) electrons. The van der Waals surface area contributed by atoms with E-state index in [1.54, 1.807) is 0 Å². The number of amides is 1. The number of hydrogen-bond donors (Lipinski definition) is 1. The Kier molecular flexibility index (Phi) is 3.72. The van der Waals surface area contributed by atoms with Gasteiger partial charge in [0, 0.05) is 12.6 Å². The van der Waals surface area contributed by atoms with Crippen LogP contribution in [0.5, 0.6) is 0 Å². The number of likely N-dealkylation sites (tertiary alicyclic amines) is 1. The summed E-state index contributed by atoms with van der Waals surface area (Å²) in [6.45, 7) is 3.02. The van der Waals surface area contributed by atoms with Gasteiger partial charge in [0.1, 0.15) is 0 Å². The van der Waals surface area contributed by atoms with Crippen molar-refractivity contribution in [1.82, 2.24) is 24.5 Å². The molecule has 120 valence electrons. The van der Waals surface area contributed by atoms with Crippen LogP contribution in [0.2, 0.25) is 0 Å². The maximum atomic E-state index is 12.5. The van der Waals surface area contributed by atoms with E-state index in [2.05, 4.69) is 22.1 Å². The topological polar surface area (TPSA) is 66.3 Å². The SMILES string of the molecule is C[C@@H]1CCCCN1C(=O)CSc1n[nH]c2nc3ccccc3n12. The van der Waals surface area contributed by atoms with Crippen LogP contribution < -0.4 is 0 Å². The number of thioether (sulfide) groups is 1. The summed E-state index contributed by atoms with van der Waals surface area (Å²) < 4.78 is 1.98. The van der Waals surface area contributed by atoms with E-state index in [0.29, 0.717) is 17.6 Å². The molecule has 3 aromatic rings. The van der Waals surface area contributed by atoms with Crippen LogP contribution >= 0.6 is 11.8 Å². The van der Waals surface area contributed by atoms with Crippen molar-refractivity contribution in [2.45, 2.75) is 37.4 Å². The number of carbonyl (C=O) groups is 1. The van der Waals surface area contributed by atoms with Crippen molar-refractivity contribution >= 4 is 34.5 Å².